The number of methoxy groups -OCH3 is 2. The second-order valence-corrected chi connectivity index (χ2v) is 11.3. The molecule has 2 atom stereocenters. The van der Waals surface area contributed by atoms with Gasteiger partial charge in [-0.3, -0.25) is 14.0 Å². The average Bonchev–Trinajstić information content (AvgIpc) is 3.62. The highest BCUT2D eigenvalue weighted by atomic mass is 32.2. The Balaban J connectivity index is 1.60. The SMILES string of the molecule is COc1cccc(OC)c1-n1c(NS(=O)(=O)[C@@H](C)[C@H](C)c2ncc(C)cn2)nnc1-c1cc2n(n1)CCC2. The summed E-state index contributed by atoms with van der Waals surface area (Å²) in [6.07, 6.45) is 5.28. The zero-order valence-electron chi connectivity index (χ0n) is 21.9. The van der Waals surface area contributed by atoms with Gasteiger partial charge in [0.2, 0.25) is 16.0 Å². The van der Waals surface area contributed by atoms with Crippen LogP contribution in [0.4, 0.5) is 5.95 Å². The minimum absolute atomic E-state index is 0.0140. The number of aryl methyl sites for hydroxylation is 3. The summed E-state index contributed by atoms with van der Waals surface area (Å²) >= 11 is 0. The second kappa shape index (κ2) is 10.0. The van der Waals surface area contributed by atoms with Gasteiger partial charge in [-0.15, -0.1) is 10.2 Å². The van der Waals surface area contributed by atoms with Gasteiger partial charge in [-0.05, 0) is 50.5 Å². The Kier molecular flexibility index (Phi) is 6.78. The van der Waals surface area contributed by atoms with Crippen LogP contribution in [-0.2, 0) is 23.0 Å². The molecule has 5 rings (SSSR count). The van der Waals surface area contributed by atoms with Crippen molar-refractivity contribution in [3.8, 4) is 28.7 Å². The Morgan fingerprint density at radius 2 is 1.74 bits per heavy atom. The van der Waals surface area contributed by atoms with Crippen LogP contribution in [0.1, 0.15) is 43.3 Å². The van der Waals surface area contributed by atoms with E-state index in [1.54, 1.807) is 49.0 Å². The fourth-order valence-electron chi connectivity index (χ4n) is 4.49. The number of nitrogens with one attached hydrogen (secondary N) is 1. The predicted molar refractivity (Wildman–Crippen MR) is 141 cm³/mol. The first kappa shape index (κ1) is 25.6. The van der Waals surface area contributed by atoms with Crippen LogP contribution in [0.15, 0.2) is 36.7 Å². The summed E-state index contributed by atoms with van der Waals surface area (Å²) in [5, 5.41) is 12.4. The number of rotatable bonds is 9. The number of nitrogens with zero attached hydrogens (tertiary/aromatic N) is 7. The topological polar surface area (TPSA) is 139 Å². The zero-order chi connectivity index (χ0) is 27.0. The Morgan fingerprint density at radius 3 is 2.37 bits per heavy atom. The minimum atomic E-state index is -3.97. The van der Waals surface area contributed by atoms with Crippen molar-refractivity contribution in [2.75, 3.05) is 18.9 Å². The first-order valence-corrected chi connectivity index (χ1v) is 13.8. The monoisotopic (exact) mass is 538 g/mol. The quantitative estimate of drug-likeness (QED) is 0.340. The molecule has 1 aromatic carbocycles. The van der Waals surface area contributed by atoms with Crippen molar-refractivity contribution in [2.24, 2.45) is 0 Å². The summed E-state index contributed by atoms with van der Waals surface area (Å²) in [5.41, 5.74) is 3.00. The molecule has 0 radical (unpaired) electrons. The molecule has 12 nitrogen and oxygen atoms in total. The van der Waals surface area contributed by atoms with Crippen molar-refractivity contribution in [3.63, 3.8) is 0 Å². The number of anilines is 1. The molecule has 0 bridgehead atoms. The van der Waals surface area contributed by atoms with Crippen LogP contribution in [0.5, 0.6) is 11.5 Å². The Hall–Kier alpha value is -4.00. The van der Waals surface area contributed by atoms with Gasteiger partial charge in [0.15, 0.2) is 5.82 Å². The Labute approximate surface area is 221 Å². The highest BCUT2D eigenvalue weighted by Crippen LogP contribution is 2.38. The third kappa shape index (κ3) is 4.57. The number of sulfonamides is 1. The van der Waals surface area contributed by atoms with E-state index in [1.807, 2.05) is 17.7 Å². The molecule has 13 heteroatoms. The van der Waals surface area contributed by atoms with Crippen LogP contribution < -0.4 is 14.2 Å². The summed E-state index contributed by atoms with van der Waals surface area (Å²) < 4.78 is 44.6. The molecule has 0 aliphatic carbocycles. The highest BCUT2D eigenvalue weighted by molar-refractivity contribution is 7.93. The fraction of sp³-hybridized carbons (Fsp3) is 0.400. The summed E-state index contributed by atoms with van der Waals surface area (Å²) in [4.78, 5) is 8.64. The molecule has 1 aliphatic rings. The Bertz CT molecular complexity index is 1520. The fourth-order valence-corrected chi connectivity index (χ4v) is 5.72. The molecule has 0 unspecified atom stereocenters. The molecule has 1 aliphatic heterocycles. The van der Waals surface area contributed by atoms with E-state index in [-0.39, 0.29) is 5.95 Å². The number of hydrogen-bond donors (Lipinski definition) is 1. The van der Waals surface area contributed by atoms with Crippen molar-refractivity contribution >= 4 is 16.0 Å². The second-order valence-electron chi connectivity index (χ2n) is 9.30. The van der Waals surface area contributed by atoms with Gasteiger partial charge >= 0.3 is 0 Å². The largest absolute Gasteiger partial charge is 0.494 e. The third-order valence-corrected chi connectivity index (χ3v) is 8.67. The minimum Gasteiger partial charge on any atom is -0.494 e. The lowest BCUT2D eigenvalue weighted by molar-refractivity contribution is 0.391. The number of benzene rings is 1. The van der Waals surface area contributed by atoms with Crippen LogP contribution >= 0.6 is 0 Å². The van der Waals surface area contributed by atoms with E-state index in [2.05, 4.69) is 24.9 Å². The van der Waals surface area contributed by atoms with E-state index in [4.69, 9.17) is 14.6 Å². The van der Waals surface area contributed by atoms with Crippen molar-refractivity contribution in [1.82, 2.24) is 34.5 Å². The van der Waals surface area contributed by atoms with Crippen molar-refractivity contribution in [3.05, 3.63) is 53.7 Å². The van der Waals surface area contributed by atoms with Crippen LogP contribution in [0.25, 0.3) is 17.2 Å². The first-order valence-electron chi connectivity index (χ1n) is 12.3. The summed E-state index contributed by atoms with van der Waals surface area (Å²) in [6.45, 7) is 6.08. The highest BCUT2D eigenvalue weighted by Gasteiger charge is 2.33. The molecule has 4 aromatic rings. The van der Waals surface area contributed by atoms with E-state index in [0.717, 1.165) is 30.6 Å². The number of ether oxygens (including phenoxy) is 2. The number of fused-ring (bicyclic) bond motifs is 1. The van der Waals surface area contributed by atoms with Crippen molar-refractivity contribution in [1.29, 1.82) is 0 Å². The predicted octanol–water partition coefficient (Wildman–Crippen LogP) is 3.13. The van der Waals surface area contributed by atoms with Gasteiger partial charge < -0.3 is 9.47 Å². The van der Waals surface area contributed by atoms with Crippen LogP contribution in [-0.4, -0.2) is 62.4 Å². The Morgan fingerprint density at radius 1 is 1.05 bits per heavy atom. The molecule has 0 spiro atoms. The molecule has 200 valence electrons. The summed E-state index contributed by atoms with van der Waals surface area (Å²) in [7, 11) is -0.906. The summed E-state index contributed by atoms with van der Waals surface area (Å²) in [6, 6.07) is 7.25. The molecule has 1 N–H and O–H groups in total. The van der Waals surface area contributed by atoms with E-state index < -0.39 is 21.2 Å². The number of para-hydroxylation sites is 1. The molecule has 0 saturated heterocycles. The molecule has 0 saturated carbocycles. The lowest BCUT2D eigenvalue weighted by Gasteiger charge is -2.21. The number of aromatic nitrogens is 7. The van der Waals surface area contributed by atoms with Gasteiger partial charge in [0.25, 0.3) is 0 Å². The standard InChI is InChI=1S/C25H30N8O4S/c1-15-13-26-23(27-14-15)16(2)17(3)38(34,35)31-25-29-28-24(19-12-18-8-7-11-32(18)30-19)33(25)22-20(36-4)9-6-10-21(22)37-5/h6,9-10,12-14,16-17H,7-8,11H2,1-5H3,(H,29,31)/t16-,17-/m0/s1. The first-order chi connectivity index (χ1) is 18.2. The molecule has 38 heavy (non-hydrogen) atoms. The lowest BCUT2D eigenvalue weighted by Crippen LogP contribution is -2.31. The van der Waals surface area contributed by atoms with E-state index in [0.29, 0.717) is 34.5 Å². The maximum atomic E-state index is 13.6. The van der Waals surface area contributed by atoms with E-state index >= 15 is 0 Å². The zero-order valence-corrected chi connectivity index (χ0v) is 22.7. The van der Waals surface area contributed by atoms with Crippen LogP contribution in [0, 0.1) is 6.92 Å². The third-order valence-electron chi connectivity index (χ3n) is 6.82. The van der Waals surface area contributed by atoms with Crippen molar-refractivity contribution in [2.45, 2.75) is 51.3 Å². The normalized spacial score (nSPS) is 14.7. The molecule has 4 heterocycles. The smallest absolute Gasteiger partial charge is 0.243 e. The molecular weight excluding hydrogens is 508 g/mol. The maximum absolute atomic E-state index is 13.6. The van der Waals surface area contributed by atoms with Crippen LogP contribution in [0.2, 0.25) is 0 Å². The number of hydrogen-bond acceptors (Lipinski definition) is 9. The van der Waals surface area contributed by atoms with Crippen LogP contribution in [0.3, 0.4) is 0 Å². The van der Waals surface area contributed by atoms with Gasteiger partial charge in [0.1, 0.15) is 28.7 Å². The van der Waals surface area contributed by atoms with E-state index in [1.165, 1.54) is 14.2 Å². The van der Waals surface area contributed by atoms with Gasteiger partial charge in [-0.25, -0.2) is 18.4 Å². The molecule has 0 fully saturated rings. The van der Waals surface area contributed by atoms with Gasteiger partial charge in [0.05, 0.1) is 19.5 Å². The van der Waals surface area contributed by atoms with Gasteiger partial charge in [-0.2, -0.15) is 5.10 Å². The van der Waals surface area contributed by atoms with Gasteiger partial charge in [0, 0.05) is 30.6 Å². The van der Waals surface area contributed by atoms with E-state index in [9.17, 15) is 8.42 Å². The van der Waals surface area contributed by atoms with Crippen molar-refractivity contribution < 1.29 is 17.9 Å². The molecular formula is C25H30N8O4S. The molecule has 3 aromatic heterocycles. The summed E-state index contributed by atoms with van der Waals surface area (Å²) in [5.74, 6) is 1.20. The lowest BCUT2D eigenvalue weighted by atomic mass is 10.1. The van der Waals surface area contributed by atoms with Gasteiger partial charge in [-0.1, -0.05) is 13.0 Å². The average molecular weight is 539 g/mol. The molecule has 0 amide bonds. The maximum Gasteiger partial charge on any atom is 0.243 e.